The maximum absolute atomic E-state index is 13.2. The zero-order chi connectivity index (χ0) is 12.3. The first-order valence-corrected chi connectivity index (χ1v) is 5.74. The van der Waals surface area contributed by atoms with Gasteiger partial charge in [0.15, 0.2) is 0 Å². The van der Waals surface area contributed by atoms with Gasteiger partial charge >= 0.3 is 0 Å². The molecule has 17 heavy (non-hydrogen) atoms. The van der Waals surface area contributed by atoms with Crippen LogP contribution in [0.2, 0.25) is 0 Å². The highest BCUT2D eigenvalue weighted by atomic mass is 19.1. The third kappa shape index (κ3) is 2.87. The first kappa shape index (κ1) is 12.1. The molecule has 5 heteroatoms. The Labute approximate surface area is 99.7 Å². The molecule has 1 saturated heterocycles. The van der Waals surface area contributed by atoms with Crippen molar-refractivity contribution in [3.05, 3.63) is 23.8 Å². The standard InChI is InChI=1S/C12H17FN2O2/c13-8-12(15-3-1-14-2-4-15)9-5-10(16)7-11(17)6-9/h5-7,12,14,16-17H,1-4,8H2/t12-/m1/s1. The molecule has 0 bridgehead atoms. The SMILES string of the molecule is Oc1cc(O)cc([C@@H](CF)N2CCNCC2)c1. The number of hydrogen-bond donors (Lipinski definition) is 3. The number of phenols is 2. The minimum Gasteiger partial charge on any atom is -0.508 e. The van der Waals surface area contributed by atoms with E-state index in [-0.39, 0.29) is 11.5 Å². The summed E-state index contributed by atoms with van der Waals surface area (Å²) in [4.78, 5) is 2.02. The summed E-state index contributed by atoms with van der Waals surface area (Å²) in [5.41, 5.74) is 0.618. The summed E-state index contributed by atoms with van der Waals surface area (Å²) in [6.45, 7) is 2.68. The van der Waals surface area contributed by atoms with E-state index >= 15 is 0 Å². The van der Waals surface area contributed by atoms with E-state index in [4.69, 9.17) is 0 Å². The molecule has 1 fully saturated rings. The molecule has 0 aliphatic carbocycles. The van der Waals surface area contributed by atoms with Crippen LogP contribution in [0.3, 0.4) is 0 Å². The number of aromatic hydroxyl groups is 2. The number of rotatable bonds is 3. The number of hydrogen-bond acceptors (Lipinski definition) is 4. The second-order valence-electron chi connectivity index (χ2n) is 4.24. The number of piperazine rings is 1. The number of alkyl halides is 1. The van der Waals surface area contributed by atoms with E-state index in [2.05, 4.69) is 5.32 Å². The van der Waals surface area contributed by atoms with E-state index in [0.29, 0.717) is 5.56 Å². The Hall–Kier alpha value is -1.33. The van der Waals surface area contributed by atoms with Crippen LogP contribution in [-0.2, 0) is 0 Å². The Bertz CT molecular complexity index is 361. The molecule has 1 aliphatic rings. The summed E-state index contributed by atoms with van der Waals surface area (Å²) < 4.78 is 13.2. The van der Waals surface area contributed by atoms with Crippen LogP contribution in [0.4, 0.5) is 4.39 Å². The molecule has 0 amide bonds. The van der Waals surface area contributed by atoms with Gasteiger partial charge in [-0.2, -0.15) is 0 Å². The number of nitrogens with one attached hydrogen (secondary N) is 1. The fourth-order valence-electron chi connectivity index (χ4n) is 2.20. The molecule has 3 N–H and O–H groups in total. The van der Waals surface area contributed by atoms with Gasteiger partial charge in [-0.25, -0.2) is 4.39 Å². The van der Waals surface area contributed by atoms with E-state index < -0.39 is 12.7 Å². The monoisotopic (exact) mass is 240 g/mol. The van der Waals surface area contributed by atoms with E-state index in [1.54, 1.807) is 0 Å². The minimum atomic E-state index is -0.525. The summed E-state index contributed by atoms with van der Waals surface area (Å²) in [7, 11) is 0. The molecule has 1 atom stereocenters. The van der Waals surface area contributed by atoms with Crippen molar-refractivity contribution < 1.29 is 14.6 Å². The lowest BCUT2D eigenvalue weighted by molar-refractivity contribution is 0.147. The zero-order valence-electron chi connectivity index (χ0n) is 9.56. The van der Waals surface area contributed by atoms with Gasteiger partial charge in [0.2, 0.25) is 0 Å². The lowest BCUT2D eigenvalue weighted by Crippen LogP contribution is -2.45. The van der Waals surface area contributed by atoms with Crippen molar-refractivity contribution in [3.63, 3.8) is 0 Å². The molecule has 1 aromatic rings. The second kappa shape index (κ2) is 5.33. The van der Waals surface area contributed by atoms with Crippen LogP contribution in [-0.4, -0.2) is 48.0 Å². The number of benzene rings is 1. The lowest BCUT2D eigenvalue weighted by Gasteiger charge is -2.33. The first-order chi connectivity index (χ1) is 8.20. The van der Waals surface area contributed by atoms with Crippen molar-refractivity contribution in [2.45, 2.75) is 6.04 Å². The molecule has 0 spiro atoms. The third-order valence-electron chi connectivity index (χ3n) is 3.05. The largest absolute Gasteiger partial charge is 0.508 e. The van der Waals surface area contributed by atoms with Crippen LogP contribution in [0, 0.1) is 0 Å². The highest BCUT2D eigenvalue weighted by Gasteiger charge is 2.22. The molecule has 0 unspecified atom stereocenters. The molecule has 2 rings (SSSR count). The predicted molar refractivity (Wildman–Crippen MR) is 62.9 cm³/mol. The summed E-state index contributed by atoms with van der Waals surface area (Å²) in [6, 6.07) is 3.87. The summed E-state index contributed by atoms with van der Waals surface area (Å²) in [5.74, 6) is -0.0674. The van der Waals surface area contributed by atoms with Crippen molar-refractivity contribution in [3.8, 4) is 11.5 Å². The molecule has 0 saturated carbocycles. The average molecular weight is 240 g/mol. The van der Waals surface area contributed by atoms with Crippen molar-refractivity contribution in [1.29, 1.82) is 0 Å². The van der Waals surface area contributed by atoms with Crippen LogP contribution in [0.5, 0.6) is 11.5 Å². The summed E-state index contributed by atoms with van der Waals surface area (Å²) in [5, 5.41) is 22.1. The van der Waals surface area contributed by atoms with Gasteiger partial charge in [-0.15, -0.1) is 0 Å². The highest BCUT2D eigenvalue weighted by molar-refractivity contribution is 5.38. The Kier molecular flexibility index (Phi) is 3.81. The van der Waals surface area contributed by atoms with Gasteiger partial charge in [0.25, 0.3) is 0 Å². The van der Waals surface area contributed by atoms with Gasteiger partial charge in [-0.05, 0) is 17.7 Å². The van der Waals surface area contributed by atoms with Gasteiger partial charge in [-0.3, -0.25) is 4.90 Å². The smallest absolute Gasteiger partial charge is 0.119 e. The Morgan fingerprint density at radius 1 is 1.18 bits per heavy atom. The van der Waals surface area contributed by atoms with Crippen LogP contribution < -0.4 is 5.32 Å². The number of nitrogens with zero attached hydrogens (tertiary/aromatic N) is 1. The van der Waals surface area contributed by atoms with Crippen LogP contribution in [0.25, 0.3) is 0 Å². The lowest BCUT2D eigenvalue weighted by atomic mass is 10.0. The van der Waals surface area contributed by atoms with Crippen molar-refractivity contribution in [2.24, 2.45) is 0 Å². The second-order valence-corrected chi connectivity index (χ2v) is 4.24. The average Bonchev–Trinajstić information content (AvgIpc) is 2.30. The fraction of sp³-hybridized carbons (Fsp3) is 0.500. The fourth-order valence-corrected chi connectivity index (χ4v) is 2.20. The quantitative estimate of drug-likeness (QED) is 0.738. The van der Waals surface area contributed by atoms with Gasteiger partial charge in [0.05, 0.1) is 6.04 Å². The molecule has 1 aromatic carbocycles. The van der Waals surface area contributed by atoms with E-state index in [0.717, 1.165) is 26.2 Å². The minimum absolute atomic E-state index is 0.0337. The molecule has 1 aliphatic heterocycles. The molecule has 4 nitrogen and oxygen atoms in total. The van der Waals surface area contributed by atoms with Crippen molar-refractivity contribution in [2.75, 3.05) is 32.9 Å². The molecular weight excluding hydrogens is 223 g/mol. The van der Waals surface area contributed by atoms with Gasteiger partial charge in [0, 0.05) is 32.2 Å². The highest BCUT2D eigenvalue weighted by Crippen LogP contribution is 2.28. The van der Waals surface area contributed by atoms with Crippen LogP contribution >= 0.6 is 0 Å². The molecule has 0 aromatic heterocycles. The van der Waals surface area contributed by atoms with Crippen molar-refractivity contribution in [1.82, 2.24) is 10.2 Å². The Balaban J connectivity index is 2.21. The van der Waals surface area contributed by atoms with E-state index in [1.807, 2.05) is 4.90 Å². The first-order valence-electron chi connectivity index (χ1n) is 5.74. The van der Waals surface area contributed by atoms with Crippen LogP contribution in [0.1, 0.15) is 11.6 Å². The third-order valence-corrected chi connectivity index (χ3v) is 3.05. The molecular formula is C12H17FN2O2. The zero-order valence-corrected chi connectivity index (χ0v) is 9.56. The molecule has 94 valence electrons. The molecule has 1 heterocycles. The maximum atomic E-state index is 13.2. The van der Waals surface area contributed by atoms with E-state index in [1.165, 1.54) is 18.2 Å². The topological polar surface area (TPSA) is 55.7 Å². The van der Waals surface area contributed by atoms with Crippen molar-refractivity contribution >= 4 is 0 Å². The summed E-state index contributed by atoms with van der Waals surface area (Å²) in [6.07, 6.45) is 0. The normalized spacial score (nSPS) is 19.1. The Morgan fingerprint density at radius 2 is 1.76 bits per heavy atom. The van der Waals surface area contributed by atoms with E-state index in [9.17, 15) is 14.6 Å². The van der Waals surface area contributed by atoms with Crippen LogP contribution in [0.15, 0.2) is 18.2 Å². The number of phenolic OH excluding ortho intramolecular Hbond substituents is 2. The molecule has 0 radical (unpaired) electrons. The maximum Gasteiger partial charge on any atom is 0.119 e. The van der Waals surface area contributed by atoms with Gasteiger partial charge in [-0.1, -0.05) is 0 Å². The van der Waals surface area contributed by atoms with Gasteiger partial charge in [0.1, 0.15) is 18.2 Å². The van der Waals surface area contributed by atoms with Gasteiger partial charge < -0.3 is 15.5 Å². The Morgan fingerprint density at radius 3 is 2.29 bits per heavy atom. The number of halogens is 1. The predicted octanol–water partition coefficient (Wildman–Crippen LogP) is 1.01. The summed E-state index contributed by atoms with van der Waals surface area (Å²) >= 11 is 0.